The summed E-state index contributed by atoms with van der Waals surface area (Å²) >= 11 is 0. The van der Waals surface area contributed by atoms with Crippen LogP contribution in [-0.2, 0) is 18.4 Å². The van der Waals surface area contributed by atoms with Crippen LogP contribution in [0.4, 0.5) is 5.69 Å². The van der Waals surface area contributed by atoms with Crippen LogP contribution in [0, 0.1) is 10.1 Å². The van der Waals surface area contributed by atoms with Gasteiger partial charge in [0.1, 0.15) is 6.54 Å². The average Bonchev–Trinajstić information content (AvgIpc) is 3.50. The molecule has 1 aromatic carbocycles. The smallest absolute Gasteiger partial charge is 0.269 e. The zero-order chi connectivity index (χ0) is 21.7. The lowest BCUT2D eigenvalue weighted by atomic mass is 10.1. The number of benzene rings is 1. The first kappa shape index (κ1) is 21.5. The van der Waals surface area contributed by atoms with Gasteiger partial charge in [0.05, 0.1) is 11.5 Å². The Morgan fingerprint density at radius 3 is 2.43 bits per heavy atom. The molecule has 0 radical (unpaired) electrons. The Kier molecular flexibility index (Phi) is 6.87. The van der Waals surface area contributed by atoms with Gasteiger partial charge in [-0.1, -0.05) is 13.3 Å². The van der Waals surface area contributed by atoms with Gasteiger partial charge in [-0.15, -0.1) is 0 Å². The molecule has 0 bridgehead atoms. The number of nitrogens with zero attached hydrogens (tertiary/aromatic N) is 4. The summed E-state index contributed by atoms with van der Waals surface area (Å²) in [5.41, 5.74) is 1.34. The maximum Gasteiger partial charge on any atom is 0.269 e. The lowest BCUT2D eigenvalue weighted by molar-refractivity contribution is -0.384. The molecule has 30 heavy (non-hydrogen) atoms. The third-order valence-corrected chi connectivity index (χ3v) is 5.41. The summed E-state index contributed by atoms with van der Waals surface area (Å²) in [6.45, 7) is 3.04. The van der Waals surface area contributed by atoms with Crippen molar-refractivity contribution in [3.8, 4) is 0 Å². The third-order valence-electron chi connectivity index (χ3n) is 5.41. The minimum atomic E-state index is -0.496. The van der Waals surface area contributed by atoms with Gasteiger partial charge in [0.15, 0.2) is 0 Å². The average molecular weight is 412 g/mol. The van der Waals surface area contributed by atoms with E-state index < -0.39 is 4.92 Å². The maximum atomic E-state index is 13.1. The maximum absolute atomic E-state index is 13.1. The fourth-order valence-electron chi connectivity index (χ4n) is 3.41. The van der Waals surface area contributed by atoms with Crippen LogP contribution in [0.3, 0.4) is 0 Å². The van der Waals surface area contributed by atoms with Crippen molar-refractivity contribution in [3.63, 3.8) is 0 Å². The largest absolute Gasteiger partial charge is 0.353 e. The summed E-state index contributed by atoms with van der Waals surface area (Å²) in [7, 11) is 1.95. The van der Waals surface area contributed by atoms with Crippen LogP contribution in [0.5, 0.6) is 0 Å². The molecule has 2 amide bonds. The molecule has 3 rings (SSSR count). The van der Waals surface area contributed by atoms with Gasteiger partial charge in [0.2, 0.25) is 5.91 Å². The highest BCUT2D eigenvalue weighted by Gasteiger charge is 2.34. The molecule has 0 saturated heterocycles. The SMILES string of the molecule is CCCCN(CC(=O)N(Cc1cccn1C)C1CC1)C(=O)c1ccc([N+](=O)[O-])cc1. The zero-order valence-electron chi connectivity index (χ0n) is 17.5. The van der Waals surface area contributed by atoms with E-state index >= 15 is 0 Å². The zero-order valence-corrected chi connectivity index (χ0v) is 17.5. The molecule has 0 spiro atoms. The summed E-state index contributed by atoms with van der Waals surface area (Å²) in [5, 5.41) is 10.9. The minimum Gasteiger partial charge on any atom is -0.353 e. The Morgan fingerprint density at radius 2 is 1.90 bits per heavy atom. The van der Waals surface area contributed by atoms with Crippen molar-refractivity contribution in [3.05, 3.63) is 64.0 Å². The summed E-state index contributed by atoms with van der Waals surface area (Å²) in [5.74, 6) is -0.341. The number of hydrogen-bond donors (Lipinski definition) is 0. The molecule has 0 aliphatic heterocycles. The fraction of sp³-hybridized carbons (Fsp3) is 0.455. The molecule has 1 heterocycles. The van der Waals surface area contributed by atoms with Crippen LogP contribution < -0.4 is 0 Å². The first-order valence-corrected chi connectivity index (χ1v) is 10.3. The standard InChI is InChI=1S/C22H28N4O4/c1-3-4-14-24(22(28)17-7-9-19(10-8-17)26(29)30)16-21(27)25(18-11-12-18)15-20-6-5-13-23(20)2/h5-10,13,18H,3-4,11-12,14-16H2,1-2H3. The highest BCUT2D eigenvalue weighted by atomic mass is 16.6. The Hall–Kier alpha value is -3.16. The first-order chi connectivity index (χ1) is 14.4. The predicted molar refractivity (Wildman–Crippen MR) is 113 cm³/mol. The number of carbonyl (C=O) groups excluding carboxylic acids is 2. The number of nitro benzene ring substituents is 1. The summed E-state index contributed by atoms with van der Waals surface area (Å²) in [6, 6.07) is 9.72. The number of non-ortho nitro benzene ring substituents is 1. The van der Waals surface area contributed by atoms with Gasteiger partial charge in [0.25, 0.3) is 11.6 Å². The Balaban J connectivity index is 1.73. The quantitative estimate of drug-likeness (QED) is 0.442. The van der Waals surface area contributed by atoms with E-state index in [1.54, 1.807) is 4.90 Å². The van der Waals surface area contributed by atoms with E-state index in [-0.39, 0.29) is 30.1 Å². The molecule has 8 nitrogen and oxygen atoms in total. The van der Waals surface area contributed by atoms with E-state index in [9.17, 15) is 19.7 Å². The van der Waals surface area contributed by atoms with Crippen LogP contribution in [0.1, 0.15) is 48.7 Å². The van der Waals surface area contributed by atoms with Gasteiger partial charge in [0, 0.05) is 49.2 Å². The van der Waals surface area contributed by atoms with Crippen molar-refractivity contribution in [1.82, 2.24) is 14.4 Å². The number of aryl methyl sites for hydroxylation is 1. The highest BCUT2D eigenvalue weighted by molar-refractivity contribution is 5.96. The number of carbonyl (C=O) groups is 2. The van der Waals surface area contributed by atoms with Crippen LogP contribution in [0.2, 0.25) is 0 Å². The molecule has 1 aliphatic rings. The van der Waals surface area contributed by atoms with Crippen molar-refractivity contribution >= 4 is 17.5 Å². The molecule has 1 fully saturated rings. The number of rotatable bonds is 10. The molecule has 1 aromatic heterocycles. The lowest BCUT2D eigenvalue weighted by Crippen LogP contribution is -2.44. The molecule has 2 aromatic rings. The van der Waals surface area contributed by atoms with E-state index in [1.165, 1.54) is 24.3 Å². The van der Waals surface area contributed by atoms with E-state index in [2.05, 4.69) is 0 Å². The number of amides is 2. The monoisotopic (exact) mass is 412 g/mol. The van der Waals surface area contributed by atoms with E-state index in [0.717, 1.165) is 31.4 Å². The van der Waals surface area contributed by atoms with E-state index in [4.69, 9.17) is 0 Å². The van der Waals surface area contributed by atoms with Gasteiger partial charge in [-0.05, 0) is 43.5 Å². The van der Waals surface area contributed by atoms with E-state index in [1.807, 2.05) is 41.8 Å². The summed E-state index contributed by atoms with van der Waals surface area (Å²) in [6.07, 6.45) is 5.61. The van der Waals surface area contributed by atoms with Crippen molar-refractivity contribution in [2.75, 3.05) is 13.1 Å². The molecule has 160 valence electrons. The van der Waals surface area contributed by atoms with Gasteiger partial charge in [-0.25, -0.2) is 0 Å². The van der Waals surface area contributed by atoms with Crippen LogP contribution >= 0.6 is 0 Å². The third kappa shape index (κ3) is 5.25. The van der Waals surface area contributed by atoms with Crippen LogP contribution in [0.25, 0.3) is 0 Å². The fourth-order valence-corrected chi connectivity index (χ4v) is 3.41. The number of nitro groups is 1. The second-order valence-electron chi connectivity index (χ2n) is 7.75. The second kappa shape index (κ2) is 9.56. The number of hydrogen-bond acceptors (Lipinski definition) is 4. The Morgan fingerprint density at radius 1 is 1.20 bits per heavy atom. The molecule has 0 atom stereocenters. The Bertz CT molecular complexity index is 902. The van der Waals surface area contributed by atoms with Crippen molar-refractivity contribution < 1.29 is 14.5 Å². The molecule has 1 saturated carbocycles. The van der Waals surface area contributed by atoms with E-state index in [0.29, 0.717) is 18.7 Å². The molecule has 1 aliphatic carbocycles. The lowest BCUT2D eigenvalue weighted by Gasteiger charge is -2.28. The van der Waals surface area contributed by atoms with Crippen molar-refractivity contribution in [2.24, 2.45) is 7.05 Å². The predicted octanol–water partition coefficient (Wildman–Crippen LogP) is 3.37. The van der Waals surface area contributed by atoms with Gasteiger partial charge in [-0.3, -0.25) is 19.7 Å². The first-order valence-electron chi connectivity index (χ1n) is 10.3. The second-order valence-corrected chi connectivity index (χ2v) is 7.75. The van der Waals surface area contributed by atoms with Crippen LogP contribution in [-0.4, -0.2) is 50.2 Å². The van der Waals surface area contributed by atoms with Gasteiger partial charge >= 0.3 is 0 Å². The van der Waals surface area contributed by atoms with Gasteiger partial charge < -0.3 is 14.4 Å². The summed E-state index contributed by atoms with van der Waals surface area (Å²) in [4.78, 5) is 40.0. The molecular weight excluding hydrogens is 384 g/mol. The minimum absolute atomic E-state index is 0.0107. The normalized spacial score (nSPS) is 13.1. The topological polar surface area (TPSA) is 88.7 Å². The van der Waals surface area contributed by atoms with Gasteiger partial charge in [-0.2, -0.15) is 0 Å². The highest BCUT2D eigenvalue weighted by Crippen LogP contribution is 2.29. The van der Waals surface area contributed by atoms with Crippen LogP contribution in [0.15, 0.2) is 42.6 Å². The Labute approximate surface area is 176 Å². The molecule has 0 N–H and O–H groups in total. The van der Waals surface area contributed by atoms with Crippen molar-refractivity contribution in [2.45, 2.75) is 45.2 Å². The molecule has 8 heteroatoms. The molecular formula is C22H28N4O4. The number of unbranched alkanes of at least 4 members (excludes halogenated alkanes) is 1. The number of aromatic nitrogens is 1. The summed E-state index contributed by atoms with van der Waals surface area (Å²) < 4.78 is 2.00. The van der Waals surface area contributed by atoms with Crippen molar-refractivity contribution in [1.29, 1.82) is 0 Å². The molecule has 0 unspecified atom stereocenters.